The van der Waals surface area contributed by atoms with Gasteiger partial charge in [0.15, 0.2) is 0 Å². The molecule has 0 aromatic heterocycles. The monoisotopic (exact) mass is 341 g/mol. The maximum absolute atomic E-state index is 11.4. The molecular weight excluding hydrogens is 302 g/mol. The minimum Gasteiger partial charge on any atom is -0.433 e. The number of hydroxylamine groups is 2. The molecule has 24 heavy (non-hydrogen) atoms. The lowest BCUT2D eigenvalue weighted by Gasteiger charge is -2.13. The molecule has 0 spiro atoms. The number of hydrogen-bond acceptors (Lipinski definition) is 4. The van der Waals surface area contributed by atoms with Crippen LogP contribution in [-0.4, -0.2) is 30.9 Å². The molecule has 0 radical (unpaired) electrons. The summed E-state index contributed by atoms with van der Waals surface area (Å²) in [6.45, 7) is 4.44. The Balaban J connectivity index is 1.72. The Hall–Kier alpha value is -0.770. The Kier molecular flexibility index (Phi) is 14.0. The van der Waals surface area contributed by atoms with Crippen molar-refractivity contribution in [1.29, 1.82) is 0 Å². The zero-order valence-electron chi connectivity index (χ0n) is 15.9. The fraction of sp³-hybridized carbons (Fsp3) is 0.950. The van der Waals surface area contributed by atoms with Crippen molar-refractivity contribution in [2.24, 2.45) is 0 Å². The van der Waals surface area contributed by atoms with Crippen molar-refractivity contribution < 1.29 is 14.4 Å². The summed E-state index contributed by atoms with van der Waals surface area (Å²) in [6.07, 6.45) is 18.9. The molecule has 0 N–H and O–H groups in total. The zero-order chi connectivity index (χ0) is 17.3. The maximum atomic E-state index is 11.4. The molecule has 1 fully saturated rings. The first kappa shape index (κ1) is 21.3. The van der Waals surface area contributed by atoms with Crippen LogP contribution < -0.4 is 0 Å². The molecule has 1 saturated heterocycles. The van der Waals surface area contributed by atoms with E-state index in [9.17, 15) is 4.79 Å². The number of carbonyl (C=O) groups excluding carboxylic acids is 1. The lowest BCUT2D eigenvalue weighted by atomic mass is 10.0. The molecule has 0 aromatic rings. The van der Waals surface area contributed by atoms with Crippen molar-refractivity contribution in [3.05, 3.63) is 0 Å². The predicted octanol–water partition coefficient (Wildman–Crippen LogP) is 6.24. The average molecular weight is 342 g/mol. The summed E-state index contributed by atoms with van der Waals surface area (Å²) >= 11 is 0. The van der Waals surface area contributed by atoms with Crippen molar-refractivity contribution in [3.63, 3.8) is 0 Å². The third kappa shape index (κ3) is 12.6. The van der Waals surface area contributed by atoms with Crippen LogP contribution in [0.15, 0.2) is 0 Å². The van der Waals surface area contributed by atoms with E-state index in [1.54, 1.807) is 5.06 Å². The van der Waals surface area contributed by atoms with E-state index in [1.807, 2.05) is 0 Å². The van der Waals surface area contributed by atoms with Crippen LogP contribution >= 0.6 is 0 Å². The van der Waals surface area contributed by atoms with Crippen LogP contribution in [0, 0.1) is 0 Å². The van der Waals surface area contributed by atoms with E-state index in [0.29, 0.717) is 6.61 Å². The van der Waals surface area contributed by atoms with Gasteiger partial charge < -0.3 is 9.57 Å². The van der Waals surface area contributed by atoms with E-state index in [4.69, 9.17) is 9.57 Å². The van der Waals surface area contributed by atoms with Crippen LogP contribution in [0.1, 0.15) is 103 Å². The summed E-state index contributed by atoms with van der Waals surface area (Å²) < 4.78 is 5.10. The van der Waals surface area contributed by atoms with E-state index in [-0.39, 0.29) is 0 Å². The van der Waals surface area contributed by atoms with E-state index in [2.05, 4.69) is 6.92 Å². The Morgan fingerprint density at radius 3 is 1.71 bits per heavy atom. The molecule has 0 unspecified atom stereocenters. The number of rotatable bonds is 15. The molecule has 1 aliphatic heterocycles. The van der Waals surface area contributed by atoms with Crippen LogP contribution in [0.5, 0.6) is 0 Å². The highest BCUT2D eigenvalue weighted by Crippen LogP contribution is 2.13. The highest BCUT2D eigenvalue weighted by atomic mass is 16.8. The molecule has 142 valence electrons. The maximum Gasteiger partial charge on any atom is 0.527 e. The van der Waals surface area contributed by atoms with Crippen LogP contribution in [0.4, 0.5) is 4.79 Å². The summed E-state index contributed by atoms with van der Waals surface area (Å²) in [7, 11) is 0. The molecule has 0 atom stereocenters. The van der Waals surface area contributed by atoms with Crippen molar-refractivity contribution in [1.82, 2.24) is 5.06 Å². The second kappa shape index (κ2) is 15.7. The average Bonchev–Trinajstić information content (AvgIpc) is 3.08. The number of unbranched alkanes of at least 4 members (excludes halogenated alkanes) is 12. The van der Waals surface area contributed by atoms with Gasteiger partial charge in [0.1, 0.15) is 0 Å². The van der Waals surface area contributed by atoms with Gasteiger partial charge in [-0.1, -0.05) is 84.0 Å². The standard InChI is InChI=1S/C20H39NO3/c1-2-3-4-5-6-7-8-9-10-11-12-13-16-19-23-20(22)24-21-17-14-15-18-21/h2-19H2,1H3. The second-order valence-corrected chi connectivity index (χ2v) is 7.07. The Labute approximate surface area is 149 Å². The van der Waals surface area contributed by atoms with E-state index < -0.39 is 6.16 Å². The topological polar surface area (TPSA) is 38.8 Å². The first-order chi connectivity index (χ1) is 11.8. The highest BCUT2D eigenvalue weighted by molar-refractivity contribution is 5.59. The minimum atomic E-state index is -0.532. The van der Waals surface area contributed by atoms with Gasteiger partial charge in [-0.3, -0.25) is 0 Å². The van der Waals surface area contributed by atoms with Gasteiger partial charge in [-0.15, -0.1) is 5.06 Å². The van der Waals surface area contributed by atoms with Crippen LogP contribution in [0.3, 0.4) is 0 Å². The molecular formula is C20H39NO3. The van der Waals surface area contributed by atoms with Crippen molar-refractivity contribution in [3.8, 4) is 0 Å². The Bertz CT molecular complexity index is 291. The molecule has 0 aliphatic carbocycles. The third-order valence-electron chi connectivity index (χ3n) is 4.74. The van der Waals surface area contributed by atoms with Gasteiger partial charge in [-0.05, 0) is 19.3 Å². The fourth-order valence-electron chi connectivity index (χ4n) is 3.19. The number of ether oxygens (including phenoxy) is 1. The second-order valence-electron chi connectivity index (χ2n) is 7.07. The number of carbonyl (C=O) groups is 1. The SMILES string of the molecule is CCCCCCCCCCCCCCCOC(=O)ON1CCCC1. The quantitative estimate of drug-likeness (QED) is 0.261. The lowest BCUT2D eigenvalue weighted by molar-refractivity contribution is -0.112. The molecule has 1 rings (SSSR count). The molecule has 0 amide bonds. The number of hydrogen-bond donors (Lipinski definition) is 0. The van der Waals surface area contributed by atoms with Gasteiger partial charge in [-0.25, -0.2) is 4.79 Å². The van der Waals surface area contributed by atoms with Crippen LogP contribution in [-0.2, 0) is 9.57 Å². The largest absolute Gasteiger partial charge is 0.527 e. The first-order valence-corrected chi connectivity index (χ1v) is 10.4. The zero-order valence-corrected chi connectivity index (χ0v) is 15.9. The van der Waals surface area contributed by atoms with Crippen LogP contribution in [0.25, 0.3) is 0 Å². The molecule has 4 nitrogen and oxygen atoms in total. The smallest absolute Gasteiger partial charge is 0.433 e. The summed E-state index contributed by atoms with van der Waals surface area (Å²) in [4.78, 5) is 16.5. The van der Waals surface area contributed by atoms with Crippen LogP contribution in [0.2, 0.25) is 0 Å². The Morgan fingerprint density at radius 1 is 0.750 bits per heavy atom. The molecule has 0 aromatic carbocycles. The predicted molar refractivity (Wildman–Crippen MR) is 98.9 cm³/mol. The third-order valence-corrected chi connectivity index (χ3v) is 4.74. The van der Waals surface area contributed by atoms with E-state index in [1.165, 1.54) is 70.6 Å². The minimum absolute atomic E-state index is 0.491. The summed E-state index contributed by atoms with van der Waals surface area (Å²) in [5.74, 6) is 0. The summed E-state index contributed by atoms with van der Waals surface area (Å²) in [5, 5.41) is 1.70. The van der Waals surface area contributed by atoms with Crippen molar-refractivity contribution >= 4 is 6.16 Å². The molecule has 0 bridgehead atoms. The van der Waals surface area contributed by atoms with Gasteiger partial charge in [0.25, 0.3) is 0 Å². The van der Waals surface area contributed by atoms with Gasteiger partial charge in [-0.2, -0.15) is 0 Å². The molecule has 4 heteroatoms. The molecule has 1 aliphatic rings. The van der Waals surface area contributed by atoms with Gasteiger partial charge in [0.05, 0.1) is 6.61 Å². The van der Waals surface area contributed by atoms with Gasteiger partial charge >= 0.3 is 6.16 Å². The van der Waals surface area contributed by atoms with Crippen molar-refractivity contribution in [2.45, 2.75) is 103 Å². The molecule has 1 heterocycles. The first-order valence-electron chi connectivity index (χ1n) is 10.4. The van der Waals surface area contributed by atoms with Gasteiger partial charge in [0.2, 0.25) is 0 Å². The summed E-state index contributed by atoms with van der Waals surface area (Å²) in [6, 6.07) is 0. The summed E-state index contributed by atoms with van der Waals surface area (Å²) in [5.41, 5.74) is 0. The molecule has 0 saturated carbocycles. The van der Waals surface area contributed by atoms with E-state index in [0.717, 1.165) is 38.8 Å². The highest BCUT2D eigenvalue weighted by Gasteiger charge is 2.16. The lowest BCUT2D eigenvalue weighted by Crippen LogP contribution is -2.24. The number of nitrogens with zero attached hydrogens (tertiary/aromatic N) is 1. The fourth-order valence-corrected chi connectivity index (χ4v) is 3.19. The van der Waals surface area contributed by atoms with Crippen molar-refractivity contribution in [2.75, 3.05) is 19.7 Å². The Morgan fingerprint density at radius 2 is 1.21 bits per heavy atom. The normalized spacial score (nSPS) is 14.9. The van der Waals surface area contributed by atoms with E-state index >= 15 is 0 Å². The van der Waals surface area contributed by atoms with Gasteiger partial charge in [0, 0.05) is 13.1 Å².